The van der Waals surface area contributed by atoms with Gasteiger partial charge in [0.1, 0.15) is 5.76 Å². The van der Waals surface area contributed by atoms with E-state index < -0.39 is 5.91 Å². The molecular weight excluding hydrogens is 306 g/mol. The van der Waals surface area contributed by atoms with Crippen LogP contribution in [0.1, 0.15) is 21.1 Å². The molecule has 0 atom stereocenters. The summed E-state index contributed by atoms with van der Waals surface area (Å²) < 4.78 is 10.4. The zero-order valence-corrected chi connectivity index (χ0v) is 12.0. The number of carbonyl (C=O) groups is 2. The van der Waals surface area contributed by atoms with Crippen LogP contribution in [0.25, 0.3) is 11.3 Å². The summed E-state index contributed by atoms with van der Waals surface area (Å²) in [7, 11) is 0. The molecule has 0 spiro atoms. The summed E-state index contributed by atoms with van der Waals surface area (Å²) >= 11 is 6.09. The van der Waals surface area contributed by atoms with Crippen LogP contribution in [0.2, 0.25) is 5.02 Å². The predicted octanol–water partition coefficient (Wildman–Crippen LogP) is 4.26. The maximum Gasteiger partial charge on any atom is 0.291 e. The summed E-state index contributed by atoms with van der Waals surface area (Å²) in [6, 6.07) is 11.4. The molecular formula is C16H10ClNO4. The molecule has 1 aromatic carbocycles. The standard InChI is InChI=1S/C16H10ClNO4/c17-12-5-3-10(14-6-4-11(9-19)22-14)8-13(12)18-16(20)15-2-1-7-21-15/h1-9H,(H,18,20). The third-order valence-electron chi connectivity index (χ3n) is 2.99. The molecule has 0 saturated heterocycles. The van der Waals surface area contributed by atoms with Crippen LogP contribution in [0.15, 0.2) is 57.6 Å². The lowest BCUT2D eigenvalue weighted by atomic mass is 10.1. The number of hydrogen-bond acceptors (Lipinski definition) is 4. The number of benzene rings is 1. The summed E-state index contributed by atoms with van der Waals surface area (Å²) in [4.78, 5) is 22.7. The summed E-state index contributed by atoms with van der Waals surface area (Å²) in [5, 5.41) is 3.05. The van der Waals surface area contributed by atoms with Crippen LogP contribution in [0, 0.1) is 0 Å². The van der Waals surface area contributed by atoms with E-state index in [0.29, 0.717) is 28.3 Å². The molecule has 2 heterocycles. The molecule has 0 fully saturated rings. The van der Waals surface area contributed by atoms with Gasteiger partial charge >= 0.3 is 0 Å². The molecule has 0 bridgehead atoms. The topological polar surface area (TPSA) is 72.5 Å². The van der Waals surface area contributed by atoms with Gasteiger partial charge in [-0.2, -0.15) is 0 Å². The molecule has 3 rings (SSSR count). The number of nitrogens with one attached hydrogen (secondary N) is 1. The van der Waals surface area contributed by atoms with Crippen LogP contribution in [0.4, 0.5) is 5.69 Å². The van der Waals surface area contributed by atoms with E-state index in [1.165, 1.54) is 6.26 Å². The highest BCUT2D eigenvalue weighted by Crippen LogP contribution is 2.30. The van der Waals surface area contributed by atoms with Gasteiger partial charge in [-0.05, 0) is 42.5 Å². The molecule has 22 heavy (non-hydrogen) atoms. The number of aldehydes is 1. The molecule has 0 aliphatic carbocycles. The quantitative estimate of drug-likeness (QED) is 0.730. The molecule has 3 aromatic rings. The van der Waals surface area contributed by atoms with E-state index in [1.54, 1.807) is 42.5 Å². The Kier molecular flexibility index (Phi) is 3.80. The van der Waals surface area contributed by atoms with Gasteiger partial charge in [0.25, 0.3) is 5.91 Å². The highest BCUT2D eigenvalue weighted by molar-refractivity contribution is 6.34. The maximum atomic E-state index is 12.0. The highest BCUT2D eigenvalue weighted by atomic mass is 35.5. The van der Waals surface area contributed by atoms with Gasteiger partial charge in [-0.15, -0.1) is 0 Å². The van der Waals surface area contributed by atoms with Crippen LogP contribution in [-0.4, -0.2) is 12.2 Å². The fraction of sp³-hybridized carbons (Fsp3) is 0. The predicted molar refractivity (Wildman–Crippen MR) is 81.2 cm³/mol. The lowest BCUT2D eigenvalue weighted by Gasteiger charge is -2.07. The maximum absolute atomic E-state index is 12.0. The van der Waals surface area contributed by atoms with Crippen molar-refractivity contribution in [3.05, 3.63) is 65.3 Å². The first kappa shape index (κ1) is 14.2. The average Bonchev–Trinajstić information content (AvgIpc) is 3.20. The van der Waals surface area contributed by atoms with E-state index in [9.17, 15) is 9.59 Å². The van der Waals surface area contributed by atoms with Crippen molar-refractivity contribution in [2.45, 2.75) is 0 Å². The summed E-state index contributed by atoms with van der Waals surface area (Å²) in [6.45, 7) is 0. The number of halogens is 1. The van der Waals surface area contributed by atoms with Crippen LogP contribution < -0.4 is 5.32 Å². The molecule has 0 radical (unpaired) electrons. The average molecular weight is 316 g/mol. The number of rotatable bonds is 4. The summed E-state index contributed by atoms with van der Waals surface area (Å²) in [5.41, 5.74) is 1.11. The van der Waals surface area contributed by atoms with Crippen molar-refractivity contribution in [1.82, 2.24) is 0 Å². The molecule has 0 aliphatic heterocycles. The van der Waals surface area contributed by atoms with Gasteiger partial charge in [-0.1, -0.05) is 11.6 Å². The zero-order valence-electron chi connectivity index (χ0n) is 11.2. The lowest BCUT2D eigenvalue weighted by Crippen LogP contribution is -2.11. The van der Waals surface area contributed by atoms with E-state index in [1.807, 2.05) is 0 Å². The van der Waals surface area contributed by atoms with Crippen molar-refractivity contribution < 1.29 is 18.4 Å². The minimum absolute atomic E-state index is 0.183. The molecule has 1 amide bonds. The molecule has 0 aliphatic rings. The number of carbonyl (C=O) groups excluding carboxylic acids is 2. The monoisotopic (exact) mass is 315 g/mol. The van der Waals surface area contributed by atoms with Crippen LogP contribution in [0.3, 0.4) is 0 Å². The Morgan fingerprint density at radius 1 is 1.18 bits per heavy atom. The fourth-order valence-electron chi connectivity index (χ4n) is 1.94. The van der Waals surface area contributed by atoms with Crippen molar-refractivity contribution in [2.75, 3.05) is 5.32 Å². The Morgan fingerprint density at radius 2 is 2.05 bits per heavy atom. The van der Waals surface area contributed by atoms with Crippen molar-refractivity contribution in [3.63, 3.8) is 0 Å². The van der Waals surface area contributed by atoms with Gasteiger partial charge in [0.2, 0.25) is 0 Å². The Labute approximate surface area is 130 Å². The highest BCUT2D eigenvalue weighted by Gasteiger charge is 2.13. The Balaban J connectivity index is 1.89. The summed E-state index contributed by atoms with van der Waals surface area (Å²) in [6.07, 6.45) is 2.04. The van der Waals surface area contributed by atoms with E-state index in [2.05, 4.69) is 5.32 Å². The SMILES string of the molecule is O=Cc1ccc(-c2ccc(Cl)c(NC(=O)c3ccco3)c2)o1. The van der Waals surface area contributed by atoms with E-state index in [0.717, 1.165) is 0 Å². The number of amides is 1. The van der Waals surface area contributed by atoms with Crippen LogP contribution in [-0.2, 0) is 0 Å². The van der Waals surface area contributed by atoms with Crippen LogP contribution >= 0.6 is 11.6 Å². The Hall–Kier alpha value is -2.79. The Morgan fingerprint density at radius 3 is 2.73 bits per heavy atom. The third-order valence-corrected chi connectivity index (χ3v) is 3.32. The van der Waals surface area contributed by atoms with Gasteiger partial charge in [-0.3, -0.25) is 9.59 Å². The normalized spacial score (nSPS) is 10.4. The lowest BCUT2D eigenvalue weighted by molar-refractivity contribution is 0.0996. The van der Waals surface area contributed by atoms with E-state index in [-0.39, 0.29) is 11.5 Å². The van der Waals surface area contributed by atoms with E-state index >= 15 is 0 Å². The van der Waals surface area contributed by atoms with Gasteiger partial charge < -0.3 is 14.2 Å². The van der Waals surface area contributed by atoms with Crippen molar-refractivity contribution >= 4 is 29.5 Å². The molecule has 0 saturated carbocycles. The first-order chi connectivity index (χ1) is 10.7. The molecule has 5 nitrogen and oxygen atoms in total. The van der Waals surface area contributed by atoms with Crippen LogP contribution in [0.5, 0.6) is 0 Å². The summed E-state index contributed by atoms with van der Waals surface area (Å²) in [5.74, 6) is 0.512. The molecule has 0 unspecified atom stereocenters. The molecule has 6 heteroatoms. The zero-order chi connectivity index (χ0) is 15.5. The third kappa shape index (κ3) is 2.80. The number of anilines is 1. The van der Waals surface area contributed by atoms with Crippen molar-refractivity contribution in [1.29, 1.82) is 0 Å². The molecule has 110 valence electrons. The van der Waals surface area contributed by atoms with Crippen molar-refractivity contribution in [2.24, 2.45) is 0 Å². The van der Waals surface area contributed by atoms with E-state index in [4.69, 9.17) is 20.4 Å². The van der Waals surface area contributed by atoms with Gasteiger partial charge in [-0.25, -0.2) is 0 Å². The fourth-order valence-corrected chi connectivity index (χ4v) is 2.10. The number of furan rings is 2. The van der Waals surface area contributed by atoms with Gasteiger partial charge in [0.15, 0.2) is 17.8 Å². The minimum Gasteiger partial charge on any atom is -0.459 e. The molecule has 1 N–H and O–H groups in total. The second-order valence-electron chi connectivity index (χ2n) is 4.45. The first-order valence-electron chi connectivity index (χ1n) is 6.37. The first-order valence-corrected chi connectivity index (χ1v) is 6.75. The smallest absolute Gasteiger partial charge is 0.291 e. The van der Waals surface area contributed by atoms with Crippen molar-refractivity contribution in [3.8, 4) is 11.3 Å². The van der Waals surface area contributed by atoms with Gasteiger partial charge in [0, 0.05) is 5.56 Å². The second kappa shape index (κ2) is 5.91. The van der Waals surface area contributed by atoms with Gasteiger partial charge in [0.05, 0.1) is 17.0 Å². The second-order valence-corrected chi connectivity index (χ2v) is 4.85. The number of hydrogen-bond donors (Lipinski definition) is 1. The molecule has 2 aromatic heterocycles. The Bertz CT molecular complexity index is 821. The largest absolute Gasteiger partial charge is 0.459 e. The minimum atomic E-state index is -0.405.